The SMILES string of the molecule is COC(C)C(C)Nc1ccc(NC(=O)C2CC2)cc1. The van der Waals surface area contributed by atoms with Gasteiger partial charge in [0.25, 0.3) is 0 Å². The lowest BCUT2D eigenvalue weighted by molar-refractivity contribution is -0.117. The van der Waals surface area contributed by atoms with E-state index in [4.69, 9.17) is 4.74 Å². The Balaban J connectivity index is 1.88. The molecule has 2 unspecified atom stereocenters. The van der Waals surface area contributed by atoms with E-state index in [9.17, 15) is 4.79 Å². The van der Waals surface area contributed by atoms with Gasteiger partial charge in [-0.25, -0.2) is 0 Å². The number of carbonyl (C=O) groups excluding carboxylic acids is 1. The van der Waals surface area contributed by atoms with Gasteiger partial charge >= 0.3 is 0 Å². The Bertz CT molecular complexity index is 426. The molecule has 4 heteroatoms. The molecular weight excluding hydrogens is 240 g/mol. The summed E-state index contributed by atoms with van der Waals surface area (Å²) in [6, 6.07) is 8.03. The van der Waals surface area contributed by atoms with Gasteiger partial charge < -0.3 is 15.4 Å². The Morgan fingerprint density at radius 3 is 2.32 bits per heavy atom. The van der Waals surface area contributed by atoms with E-state index in [1.165, 1.54) is 0 Å². The molecule has 19 heavy (non-hydrogen) atoms. The number of rotatable bonds is 6. The van der Waals surface area contributed by atoms with E-state index in [-0.39, 0.29) is 24.0 Å². The number of anilines is 2. The third-order valence-electron chi connectivity index (χ3n) is 3.57. The number of hydrogen-bond acceptors (Lipinski definition) is 3. The van der Waals surface area contributed by atoms with E-state index in [2.05, 4.69) is 17.6 Å². The molecule has 0 aromatic heterocycles. The minimum absolute atomic E-state index is 0.141. The van der Waals surface area contributed by atoms with Crippen molar-refractivity contribution in [2.75, 3.05) is 17.7 Å². The quantitative estimate of drug-likeness (QED) is 0.829. The summed E-state index contributed by atoms with van der Waals surface area (Å²) in [4.78, 5) is 11.6. The smallest absolute Gasteiger partial charge is 0.227 e. The maximum Gasteiger partial charge on any atom is 0.227 e. The Morgan fingerprint density at radius 2 is 1.79 bits per heavy atom. The highest BCUT2D eigenvalue weighted by molar-refractivity contribution is 5.94. The third-order valence-corrected chi connectivity index (χ3v) is 3.57. The average Bonchev–Trinajstić information content (AvgIpc) is 3.24. The van der Waals surface area contributed by atoms with E-state index >= 15 is 0 Å². The first-order chi connectivity index (χ1) is 9.10. The van der Waals surface area contributed by atoms with Crippen molar-refractivity contribution < 1.29 is 9.53 Å². The van der Waals surface area contributed by atoms with Crippen LogP contribution in [0.3, 0.4) is 0 Å². The van der Waals surface area contributed by atoms with Gasteiger partial charge in [0.15, 0.2) is 0 Å². The summed E-state index contributed by atoms with van der Waals surface area (Å²) in [7, 11) is 1.71. The Labute approximate surface area is 114 Å². The summed E-state index contributed by atoms with van der Waals surface area (Å²) in [6.07, 6.45) is 2.20. The summed E-state index contributed by atoms with van der Waals surface area (Å²) in [5.74, 6) is 0.377. The average molecular weight is 262 g/mol. The van der Waals surface area contributed by atoms with Gasteiger partial charge in [0.1, 0.15) is 0 Å². The molecule has 1 saturated carbocycles. The van der Waals surface area contributed by atoms with Crippen LogP contribution in [0.15, 0.2) is 24.3 Å². The van der Waals surface area contributed by atoms with Crippen molar-refractivity contribution in [1.82, 2.24) is 0 Å². The van der Waals surface area contributed by atoms with Crippen molar-refractivity contribution >= 4 is 17.3 Å². The van der Waals surface area contributed by atoms with Crippen molar-refractivity contribution in [1.29, 1.82) is 0 Å². The number of carbonyl (C=O) groups is 1. The van der Waals surface area contributed by atoms with Gasteiger partial charge in [-0.3, -0.25) is 4.79 Å². The zero-order valence-corrected chi connectivity index (χ0v) is 11.8. The van der Waals surface area contributed by atoms with Gasteiger partial charge in [0, 0.05) is 30.4 Å². The van der Waals surface area contributed by atoms with Gasteiger partial charge in [0.05, 0.1) is 6.10 Å². The van der Waals surface area contributed by atoms with E-state index in [0.717, 1.165) is 24.2 Å². The number of ether oxygens (including phenoxy) is 1. The maximum atomic E-state index is 11.6. The minimum Gasteiger partial charge on any atom is -0.380 e. The first-order valence-corrected chi connectivity index (χ1v) is 6.80. The van der Waals surface area contributed by atoms with Crippen molar-refractivity contribution in [3.63, 3.8) is 0 Å². The van der Waals surface area contributed by atoms with Crippen LogP contribution in [0, 0.1) is 5.92 Å². The number of amides is 1. The molecule has 2 N–H and O–H groups in total. The van der Waals surface area contributed by atoms with Crippen LogP contribution in [-0.4, -0.2) is 25.2 Å². The van der Waals surface area contributed by atoms with Gasteiger partial charge in [-0.15, -0.1) is 0 Å². The molecule has 0 bridgehead atoms. The highest BCUT2D eigenvalue weighted by atomic mass is 16.5. The molecule has 2 atom stereocenters. The van der Waals surface area contributed by atoms with E-state index in [0.29, 0.717) is 0 Å². The standard InChI is InChI=1S/C15H22N2O2/c1-10(11(2)19-3)16-13-6-8-14(9-7-13)17-15(18)12-4-5-12/h6-12,16H,4-5H2,1-3H3,(H,17,18). The van der Waals surface area contributed by atoms with E-state index < -0.39 is 0 Å². The molecule has 104 valence electrons. The molecular formula is C15H22N2O2. The predicted octanol–water partition coefficient (Wildman–Crippen LogP) is 2.87. The molecule has 1 fully saturated rings. The monoisotopic (exact) mass is 262 g/mol. The van der Waals surface area contributed by atoms with Gasteiger partial charge in [0.2, 0.25) is 5.91 Å². The van der Waals surface area contributed by atoms with Crippen molar-refractivity contribution in [3.8, 4) is 0 Å². The largest absolute Gasteiger partial charge is 0.380 e. The summed E-state index contributed by atoms with van der Waals surface area (Å²) >= 11 is 0. The third kappa shape index (κ3) is 3.96. The maximum absolute atomic E-state index is 11.6. The normalized spacial score (nSPS) is 17.6. The number of methoxy groups -OCH3 is 1. The number of hydrogen-bond donors (Lipinski definition) is 2. The molecule has 4 nitrogen and oxygen atoms in total. The van der Waals surface area contributed by atoms with E-state index in [1.54, 1.807) is 7.11 Å². The fourth-order valence-corrected chi connectivity index (χ4v) is 1.82. The van der Waals surface area contributed by atoms with Crippen LogP contribution in [0.5, 0.6) is 0 Å². The van der Waals surface area contributed by atoms with Crippen molar-refractivity contribution in [2.24, 2.45) is 5.92 Å². The molecule has 2 rings (SSSR count). The first-order valence-electron chi connectivity index (χ1n) is 6.80. The van der Waals surface area contributed by atoms with Crippen LogP contribution in [0.25, 0.3) is 0 Å². The lowest BCUT2D eigenvalue weighted by Gasteiger charge is -2.21. The van der Waals surface area contributed by atoms with Crippen molar-refractivity contribution in [3.05, 3.63) is 24.3 Å². The zero-order valence-electron chi connectivity index (χ0n) is 11.8. The van der Waals surface area contributed by atoms with Gasteiger partial charge in [-0.2, -0.15) is 0 Å². The summed E-state index contributed by atoms with van der Waals surface area (Å²) in [5, 5.41) is 6.30. The highest BCUT2D eigenvalue weighted by Gasteiger charge is 2.29. The highest BCUT2D eigenvalue weighted by Crippen LogP contribution is 2.30. The second kappa shape index (κ2) is 6.06. The lowest BCUT2D eigenvalue weighted by Crippen LogP contribution is -2.29. The van der Waals surface area contributed by atoms with Gasteiger partial charge in [-0.1, -0.05) is 0 Å². The Hall–Kier alpha value is -1.55. The van der Waals surface area contributed by atoms with Gasteiger partial charge in [-0.05, 0) is 51.0 Å². The van der Waals surface area contributed by atoms with Crippen LogP contribution in [-0.2, 0) is 9.53 Å². The molecule has 1 aliphatic rings. The van der Waals surface area contributed by atoms with Crippen molar-refractivity contribution in [2.45, 2.75) is 38.8 Å². The van der Waals surface area contributed by atoms with Crippen LogP contribution in [0.2, 0.25) is 0 Å². The Morgan fingerprint density at radius 1 is 1.21 bits per heavy atom. The summed E-state index contributed by atoms with van der Waals surface area (Å²) < 4.78 is 5.27. The molecule has 0 aliphatic heterocycles. The predicted molar refractivity (Wildman–Crippen MR) is 77.4 cm³/mol. The minimum atomic E-state index is 0.141. The molecule has 1 aliphatic carbocycles. The Kier molecular flexibility index (Phi) is 4.43. The molecule has 0 spiro atoms. The van der Waals surface area contributed by atoms with Crippen LogP contribution < -0.4 is 10.6 Å². The van der Waals surface area contributed by atoms with Crippen LogP contribution in [0.1, 0.15) is 26.7 Å². The number of nitrogens with one attached hydrogen (secondary N) is 2. The molecule has 0 radical (unpaired) electrons. The first kappa shape index (κ1) is 13.9. The number of benzene rings is 1. The zero-order chi connectivity index (χ0) is 13.8. The van der Waals surface area contributed by atoms with E-state index in [1.807, 2.05) is 31.2 Å². The molecule has 0 saturated heterocycles. The molecule has 1 aromatic rings. The molecule has 1 aromatic carbocycles. The summed E-state index contributed by atoms with van der Waals surface area (Å²) in [5.41, 5.74) is 1.88. The molecule has 1 amide bonds. The second-order valence-corrected chi connectivity index (χ2v) is 5.21. The lowest BCUT2D eigenvalue weighted by atomic mass is 10.2. The fourth-order valence-electron chi connectivity index (χ4n) is 1.82. The topological polar surface area (TPSA) is 50.4 Å². The van der Waals surface area contributed by atoms with Crippen LogP contribution >= 0.6 is 0 Å². The fraction of sp³-hybridized carbons (Fsp3) is 0.533. The molecule has 0 heterocycles. The second-order valence-electron chi connectivity index (χ2n) is 5.21. The summed E-state index contributed by atoms with van der Waals surface area (Å²) in [6.45, 7) is 4.11. The van der Waals surface area contributed by atoms with Crippen LogP contribution in [0.4, 0.5) is 11.4 Å².